The third-order valence-electron chi connectivity index (χ3n) is 3.47. The van der Waals surface area contributed by atoms with Gasteiger partial charge >= 0.3 is 5.97 Å². The predicted molar refractivity (Wildman–Crippen MR) is 84.8 cm³/mol. The smallest absolute Gasteiger partial charge is 0.303 e. The highest BCUT2D eigenvalue weighted by molar-refractivity contribution is 5.76. The number of carboxylic acid groups (broad SMARTS) is 1. The van der Waals surface area contributed by atoms with Crippen molar-refractivity contribution < 1.29 is 14.7 Å². The molecule has 124 valence electrons. The van der Waals surface area contributed by atoms with Crippen LogP contribution in [0.25, 0.3) is 0 Å². The fourth-order valence-corrected chi connectivity index (χ4v) is 2.67. The van der Waals surface area contributed by atoms with Gasteiger partial charge in [0.05, 0.1) is 0 Å². The van der Waals surface area contributed by atoms with Crippen molar-refractivity contribution in [3.05, 3.63) is 0 Å². The van der Waals surface area contributed by atoms with Gasteiger partial charge in [-0.15, -0.1) is 0 Å². The molecule has 0 bridgehead atoms. The second kappa shape index (κ2) is 10.6. The lowest BCUT2D eigenvalue weighted by Gasteiger charge is -2.20. The van der Waals surface area contributed by atoms with Crippen LogP contribution in [0.4, 0.5) is 0 Å². The molecule has 0 aliphatic rings. The van der Waals surface area contributed by atoms with Crippen molar-refractivity contribution in [1.82, 2.24) is 5.32 Å². The van der Waals surface area contributed by atoms with Crippen LogP contribution in [0, 0.1) is 23.7 Å². The van der Waals surface area contributed by atoms with Crippen molar-refractivity contribution in [2.75, 3.05) is 13.1 Å². The Bertz CT molecular complexity index is 317. The molecule has 0 spiro atoms. The first-order valence-electron chi connectivity index (χ1n) is 7.93. The Morgan fingerprint density at radius 2 is 1.52 bits per heavy atom. The third kappa shape index (κ3) is 11.3. The minimum Gasteiger partial charge on any atom is -0.481 e. The van der Waals surface area contributed by atoms with Crippen molar-refractivity contribution in [2.24, 2.45) is 29.4 Å². The number of rotatable bonds is 11. The van der Waals surface area contributed by atoms with Crippen molar-refractivity contribution in [1.29, 1.82) is 0 Å². The predicted octanol–water partition coefficient (Wildman–Crippen LogP) is 2.25. The van der Waals surface area contributed by atoms with E-state index < -0.39 is 5.97 Å². The standard InChI is InChI=1S/C16H32N2O3/c1-11(2)5-13(9-17)7-15(19)18-10-14(6-12(3)4)8-16(20)21/h11-14H,5-10,17H2,1-4H3,(H,18,19)(H,20,21). The maximum atomic E-state index is 12.0. The lowest BCUT2D eigenvalue weighted by Crippen LogP contribution is -2.33. The number of carbonyl (C=O) groups excluding carboxylic acids is 1. The molecule has 0 heterocycles. The zero-order valence-electron chi connectivity index (χ0n) is 13.9. The Labute approximate surface area is 128 Å². The van der Waals surface area contributed by atoms with Crippen LogP contribution in [0.2, 0.25) is 0 Å². The van der Waals surface area contributed by atoms with Gasteiger partial charge in [0.2, 0.25) is 5.91 Å². The van der Waals surface area contributed by atoms with Gasteiger partial charge < -0.3 is 16.2 Å². The number of nitrogens with one attached hydrogen (secondary N) is 1. The molecule has 0 saturated carbocycles. The highest BCUT2D eigenvalue weighted by Gasteiger charge is 2.18. The van der Waals surface area contributed by atoms with Crippen molar-refractivity contribution in [3.8, 4) is 0 Å². The minimum absolute atomic E-state index is 0.00660. The Kier molecular flexibility index (Phi) is 10.0. The number of hydrogen-bond acceptors (Lipinski definition) is 3. The molecule has 4 N–H and O–H groups in total. The molecular weight excluding hydrogens is 268 g/mol. The van der Waals surface area contributed by atoms with Gasteiger partial charge in [0.15, 0.2) is 0 Å². The van der Waals surface area contributed by atoms with Gasteiger partial charge in [-0.3, -0.25) is 9.59 Å². The molecule has 2 atom stereocenters. The lowest BCUT2D eigenvalue weighted by molar-refractivity contribution is -0.138. The van der Waals surface area contributed by atoms with Gasteiger partial charge in [-0.2, -0.15) is 0 Å². The summed E-state index contributed by atoms with van der Waals surface area (Å²) in [5.74, 6) is 0.303. The first-order valence-corrected chi connectivity index (χ1v) is 7.93. The molecule has 0 fully saturated rings. The van der Waals surface area contributed by atoms with Crippen LogP contribution in [0.1, 0.15) is 53.4 Å². The molecule has 0 aromatic rings. The average molecular weight is 300 g/mol. The zero-order valence-corrected chi connectivity index (χ0v) is 13.9. The van der Waals surface area contributed by atoms with Gasteiger partial charge in [0, 0.05) is 19.4 Å². The zero-order chi connectivity index (χ0) is 16.4. The summed E-state index contributed by atoms with van der Waals surface area (Å²) in [4.78, 5) is 22.8. The van der Waals surface area contributed by atoms with Crippen LogP contribution >= 0.6 is 0 Å². The largest absolute Gasteiger partial charge is 0.481 e. The number of nitrogens with two attached hydrogens (primary N) is 1. The molecular formula is C16H32N2O3. The van der Waals surface area contributed by atoms with E-state index in [4.69, 9.17) is 10.8 Å². The highest BCUT2D eigenvalue weighted by Crippen LogP contribution is 2.16. The normalized spacial score (nSPS) is 14.2. The summed E-state index contributed by atoms with van der Waals surface area (Å²) in [6.45, 7) is 9.30. The van der Waals surface area contributed by atoms with Crippen LogP contribution in [-0.4, -0.2) is 30.1 Å². The van der Waals surface area contributed by atoms with Gasteiger partial charge in [-0.25, -0.2) is 0 Å². The van der Waals surface area contributed by atoms with Crippen LogP contribution in [0.15, 0.2) is 0 Å². The summed E-state index contributed by atoms with van der Waals surface area (Å²) in [6, 6.07) is 0. The van der Waals surface area contributed by atoms with E-state index in [0.29, 0.717) is 31.3 Å². The Hall–Kier alpha value is -1.10. The first kappa shape index (κ1) is 19.9. The summed E-state index contributed by atoms with van der Waals surface area (Å²) in [5.41, 5.74) is 5.70. The number of carboxylic acids is 1. The molecule has 0 radical (unpaired) electrons. The fourth-order valence-electron chi connectivity index (χ4n) is 2.67. The highest BCUT2D eigenvalue weighted by atomic mass is 16.4. The Morgan fingerprint density at radius 1 is 1.00 bits per heavy atom. The van der Waals surface area contributed by atoms with E-state index in [0.717, 1.165) is 12.8 Å². The molecule has 0 saturated heterocycles. The number of hydrogen-bond donors (Lipinski definition) is 3. The molecule has 1 amide bonds. The molecule has 5 nitrogen and oxygen atoms in total. The minimum atomic E-state index is -0.811. The fraction of sp³-hybridized carbons (Fsp3) is 0.875. The maximum Gasteiger partial charge on any atom is 0.303 e. The van der Waals surface area contributed by atoms with E-state index in [2.05, 4.69) is 33.0 Å². The number of amides is 1. The summed E-state index contributed by atoms with van der Waals surface area (Å²) in [6.07, 6.45) is 2.27. The topological polar surface area (TPSA) is 92.4 Å². The molecule has 0 rings (SSSR count). The van der Waals surface area contributed by atoms with Gasteiger partial charge in [0.25, 0.3) is 0 Å². The second-order valence-electron chi connectivity index (χ2n) is 6.83. The van der Waals surface area contributed by atoms with Crippen LogP contribution in [-0.2, 0) is 9.59 Å². The van der Waals surface area contributed by atoms with Crippen LogP contribution in [0.3, 0.4) is 0 Å². The van der Waals surface area contributed by atoms with E-state index in [1.807, 2.05) is 0 Å². The number of aliphatic carboxylic acids is 1. The monoisotopic (exact) mass is 300 g/mol. The first-order chi connectivity index (χ1) is 9.74. The van der Waals surface area contributed by atoms with Gasteiger partial charge in [-0.1, -0.05) is 27.7 Å². The average Bonchev–Trinajstić information content (AvgIpc) is 2.33. The SMILES string of the molecule is CC(C)CC(CNC(=O)CC(CN)CC(C)C)CC(=O)O. The molecule has 2 unspecified atom stereocenters. The van der Waals surface area contributed by atoms with Crippen molar-refractivity contribution in [3.63, 3.8) is 0 Å². The van der Waals surface area contributed by atoms with E-state index in [1.165, 1.54) is 0 Å². The van der Waals surface area contributed by atoms with Gasteiger partial charge in [-0.05, 0) is 43.1 Å². The molecule has 5 heteroatoms. The van der Waals surface area contributed by atoms with E-state index in [9.17, 15) is 9.59 Å². The van der Waals surface area contributed by atoms with Crippen LogP contribution < -0.4 is 11.1 Å². The van der Waals surface area contributed by atoms with E-state index >= 15 is 0 Å². The Balaban J connectivity index is 4.24. The summed E-state index contributed by atoms with van der Waals surface area (Å²) < 4.78 is 0. The molecule has 0 aromatic carbocycles. The molecule has 0 aromatic heterocycles. The van der Waals surface area contributed by atoms with Gasteiger partial charge in [0.1, 0.15) is 0 Å². The van der Waals surface area contributed by atoms with E-state index in [-0.39, 0.29) is 24.2 Å². The third-order valence-corrected chi connectivity index (χ3v) is 3.47. The summed E-state index contributed by atoms with van der Waals surface area (Å²) in [7, 11) is 0. The Morgan fingerprint density at radius 3 is 1.95 bits per heavy atom. The molecule has 21 heavy (non-hydrogen) atoms. The lowest BCUT2D eigenvalue weighted by atomic mass is 9.92. The molecule has 0 aliphatic heterocycles. The van der Waals surface area contributed by atoms with Crippen molar-refractivity contribution in [2.45, 2.75) is 53.4 Å². The van der Waals surface area contributed by atoms with Crippen molar-refractivity contribution >= 4 is 11.9 Å². The quantitative estimate of drug-likeness (QED) is 0.545. The second-order valence-corrected chi connectivity index (χ2v) is 6.83. The summed E-state index contributed by atoms with van der Waals surface area (Å²) >= 11 is 0. The number of carbonyl (C=O) groups is 2. The maximum absolute atomic E-state index is 12.0. The van der Waals surface area contributed by atoms with Crippen LogP contribution in [0.5, 0.6) is 0 Å². The summed E-state index contributed by atoms with van der Waals surface area (Å²) in [5, 5.41) is 11.8. The van der Waals surface area contributed by atoms with E-state index in [1.54, 1.807) is 0 Å². The molecule has 0 aliphatic carbocycles.